The molecule has 1 aliphatic rings. The van der Waals surface area contributed by atoms with Crippen molar-refractivity contribution < 1.29 is 9.53 Å². The maximum Gasteiger partial charge on any atom is 0.244 e. The Balaban J connectivity index is 1.44. The Kier molecular flexibility index (Phi) is 5.98. The Morgan fingerprint density at radius 1 is 1.24 bits per heavy atom. The van der Waals surface area contributed by atoms with Crippen molar-refractivity contribution in [1.82, 2.24) is 20.0 Å². The molecule has 2 aromatic rings. The van der Waals surface area contributed by atoms with Gasteiger partial charge in [-0.15, -0.1) is 0 Å². The lowest BCUT2D eigenvalue weighted by atomic mass is 10.1. The van der Waals surface area contributed by atoms with Crippen LogP contribution in [0.3, 0.4) is 0 Å². The Morgan fingerprint density at radius 2 is 1.96 bits per heavy atom. The number of hydrogen-bond acceptors (Lipinski definition) is 4. The highest BCUT2D eigenvalue weighted by Gasteiger charge is 2.10. The van der Waals surface area contributed by atoms with Gasteiger partial charge < -0.3 is 10.1 Å². The second-order valence-corrected chi connectivity index (χ2v) is 6.20. The Morgan fingerprint density at radius 3 is 2.64 bits per heavy atom. The fourth-order valence-electron chi connectivity index (χ4n) is 2.73. The summed E-state index contributed by atoms with van der Waals surface area (Å²) in [4.78, 5) is 14.3. The summed E-state index contributed by atoms with van der Waals surface area (Å²) in [5.74, 6) is -0.110. The van der Waals surface area contributed by atoms with Crippen molar-refractivity contribution in [3.05, 3.63) is 59.4 Å². The summed E-state index contributed by atoms with van der Waals surface area (Å²) >= 11 is 0. The van der Waals surface area contributed by atoms with Gasteiger partial charge in [-0.1, -0.05) is 24.3 Å². The minimum atomic E-state index is -0.110. The average Bonchev–Trinajstić information content (AvgIpc) is 3.06. The Hall–Kier alpha value is -2.44. The van der Waals surface area contributed by atoms with E-state index in [1.165, 1.54) is 11.6 Å². The molecule has 0 radical (unpaired) electrons. The third-order valence-corrected chi connectivity index (χ3v) is 4.15. The van der Waals surface area contributed by atoms with Crippen LogP contribution >= 0.6 is 0 Å². The SMILES string of the molecule is Cn1cc(C=CC(=O)NCc2ccc(CN3CCOCC3)cc2)cn1. The van der Waals surface area contributed by atoms with Crippen LogP contribution in [0.1, 0.15) is 16.7 Å². The molecule has 0 saturated carbocycles. The van der Waals surface area contributed by atoms with E-state index in [1.54, 1.807) is 17.0 Å². The quantitative estimate of drug-likeness (QED) is 0.811. The predicted molar refractivity (Wildman–Crippen MR) is 96.6 cm³/mol. The topological polar surface area (TPSA) is 59.4 Å². The summed E-state index contributed by atoms with van der Waals surface area (Å²) < 4.78 is 7.07. The highest BCUT2D eigenvalue weighted by molar-refractivity contribution is 5.91. The first-order valence-corrected chi connectivity index (χ1v) is 8.51. The van der Waals surface area contributed by atoms with Gasteiger partial charge in [-0.05, 0) is 17.2 Å². The van der Waals surface area contributed by atoms with E-state index >= 15 is 0 Å². The van der Waals surface area contributed by atoms with E-state index < -0.39 is 0 Å². The number of amides is 1. The average molecular weight is 340 g/mol. The van der Waals surface area contributed by atoms with Gasteiger partial charge in [0, 0.05) is 51.1 Å². The summed E-state index contributed by atoms with van der Waals surface area (Å²) in [6, 6.07) is 8.40. The van der Waals surface area contributed by atoms with Gasteiger partial charge in [-0.2, -0.15) is 5.10 Å². The molecule has 0 aliphatic carbocycles. The molecule has 1 aromatic heterocycles. The van der Waals surface area contributed by atoms with Crippen molar-refractivity contribution in [2.45, 2.75) is 13.1 Å². The van der Waals surface area contributed by atoms with Crippen LogP contribution in [0.15, 0.2) is 42.7 Å². The summed E-state index contributed by atoms with van der Waals surface area (Å²) in [6.45, 7) is 5.08. The monoisotopic (exact) mass is 340 g/mol. The molecule has 6 nitrogen and oxygen atoms in total. The van der Waals surface area contributed by atoms with Crippen LogP contribution in [-0.2, 0) is 29.7 Å². The lowest BCUT2D eigenvalue weighted by Gasteiger charge is -2.26. The van der Waals surface area contributed by atoms with E-state index in [1.807, 2.05) is 13.2 Å². The van der Waals surface area contributed by atoms with E-state index in [0.29, 0.717) is 6.54 Å². The molecular formula is C19H24N4O2. The molecule has 1 aliphatic heterocycles. The largest absolute Gasteiger partial charge is 0.379 e. The van der Waals surface area contributed by atoms with Gasteiger partial charge in [0.1, 0.15) is 0 Å². The van der Waals surface area contributed by atoms with Crippen LogP contribution in [0.25, 0.3) is 6.08 Å². The van der Waals surface area contributed by atoms with Gasteiger partial charge >= 0.3 is 0 Å². The third kappa shape index (κ3) is 5.55. The molecule has 6 heteroatoms. The minimum Gasteiger partial charge on any atom is -0.379 e. The fourth-order valence-corrected chi connectivity index (χ4v) is 2.73. The number of nitrogens with one attached hydrogen (secondary N) is 1. The molecule has 1 fully saturated rings. The zero-order valence-electron chi connectivity index (χ0n) is 14.5. The highest BCUT2D eigenvalue weighted by Crippen LogP contribution is 2.09. The number of nitrogens with zero attached hydrogens (tertiary/aromatic N) is 3. The van der Waals surface area contributed by atoms with Crippen LogP contribution in [0.2, 0.25) is 0 Å². The third-order valence-electron chi connectivity index (χ3n) is 4.15. The van der Waals surface area contributed by atoms with Crippen molar-refractivity contribution >= 4 is 12.0 Å². The number of hydrogen-bond donors (Lipinski definition) is 1. The molecule has 0 unspecified atom stereocenters. The number of carbonyl (C=O) groups excluding carboxylic acids is 1. The first-order valence-electron chi connectivity index (χ1n) is 8.51. The maximum atomic E-state index is 11.9. The van der Waals surface area contributed by atoms with Crippen LogP contribution in [0, 0.1) is 0 Å². The molecule has 0 atom stereocenters. The fraction of sp³-hybridized carbons (Fsp3) is 0.368. The van der Waals surface area contributed by atoms with Gasteiger partial charge in [-0.25, -0.2) is 0 Å². The van der Waals surface area contributed by atoms with Gasteiger partial charge in [0.05, 0.1) is 19.4 Å². The molecule has 1 aromatic carbocycles. The molecule has 25 heavy (non-hydrogen) atoms. The van der Waals surface area contributed by atoms with Crippen LogP contribution < -0.4 is 5.32 Å². The second-order valence-electron chi connectivity index (χ2n) is 6.20. The lowest BCUT2D eigenvalue weighted by Crippen LogP contribution is -2.35. The minimum absolute atomic E-state index is 0.110. The lowest BCUT2D eigenvalue weighted by molar-refractivity contribution is -0.116. The van der Waals surface area contributed by atoms with Gasteiger partial charge in [-0.3, -0.25) is 14.4 Å². The number of aromatic nitrogens is 2. The molecule has 2 heterocycles. The second kappa shape index (κ2) is 8.60. The van der Waals surface area contributed by atoms with Crippen LogP contribution in [0.5, 0.6) is 0 Å². The van der Waals surface area contributed by atoms with Gasteiger partial charge in [0.25, 0.3) is 0 Å². The predicted octanol–water partition coefficient (Wildman–Crippen LogP) is 1.58. The van der Waals surface area contributed by atoms with E-state index in [9.17, 15) is 4.79 Å². The summed E-state index contributed by atoms with van der Waals surface area (Å²) in [5, 5.41) is 6.96. The number of rotatable bonds is 6. The molecule has 3 rings (SSSR count). The van der Waals surface area contributed by atoms with Crippen molar-refractivity contribution in [3.63, 3.8) is 0 Å². The number of benzene rings is 1. The van der Waals surface area contributed by atoms with Crippen molar-refractivity contribution in [2.24, 2.45) is 7.05 Å². The summed E-state index contributed by atoms with van der Waals surface area (Å²) in [7, 11) is 1.85. The van der Waals surface area contributed by atoms with E-state index in [0.717, 1.165) is 44.0 Å². The maximum absolute atomic E-state index is 11.9. The molecule has 1 saturated heterocycles. The van der Waals surface area contributed by atoms with Crippen molar-refractivity contribution in [2.75, 3.05) is 26.3 Å². The number of aryl methyl sites for hydroxylation is 1. The molecule has 0 spiro atoms. The van der Waals surface area contributed by atoms with E-state index in [-0.39, 0.29) is 5.91 Å². The van der Waals surface area contributed by atoms with Crippen LogP contribution in [0.4, 0.5) is 0 Å². The molecular weight excluding hydrogens is 316 g/mol. The highest BCUT2D eigenvalue weighted by atomic mass is 16.5. The molecule has 132 valence electrons. The van der Waals surface area contributed by atoms with Gasteiger partial charge in [0.15, 0.2) is 0 Å². The van der Waals surface area contributed by atoms with Gasteiger partial charge in [0.2, 0.25) is 5.91 Å². The number of carbonyl (C=O) groups is 1. The molecule has 0 bridgehead atoms. The standard InChI is InChI=1S/C19H24N4O2/c1-22-14-18(13-21-22)6-7-19(24)20-12-16-2-4-17(5-3-16)15-23-8-10-25-11-9-23/h2-7,13-14H,8-12,15H2,1H3,(H,20,24). The Labute approximate surface area is 148 Å². The zero-order valence-corrected chi connectivity index (χ0v) is 14.5. The first kappa shape index (κ1) is 17.4. The van der Waals surface area contributed by atoms with Crippen LogP contribution in [-0.4, -0.2) is 46.9 Å². The first-order chi connectivity index (χ1) is 12.2. The Bertz CT molecular complexity index is 715. The van der Waals surface area contributed by atoms with E-state index in [4.69, 9.17) is 4.74 Å². The number of ether oxygens (including phenoxy) is 1. The molecule has 1 N–H and O–H groups in total. The smallest absolute Gasteiger partial charge is 0.244 e. The normalized spacial score (nSPS) is 15.6. The van der Waals surface area contributed by atoms with E-state index in [2.05, 4.69) is 39.6 Å². The summed E-state index contributed by atoms with van der Waals surface area (Å²) in [5.41, 5.74) is 3.28. The zero-order chi connectivity index (χ0) is 17.5. The molecule has 1 amide bonds. The number of morpholine rings is 1. The summed E-state index contributed by atoms with van der Waals surface area (Å²) in [6.07, 6.45) is 6.87. The van der Waals surface area contributed by atoms with Crippen molar-refractivity contribution in [1.29, 1.82) is 0 Å². The van der Waals surface area contributed by atoms with Crippen molar-refractivity contribution in [3.8, 4) is 0 Å².